The second-order valence-electron chi connectivity index (χ2n) is 8.73. The molecule has 0 saturated carbocycles. The molecule has 4 fully saturated rings. The van der Waals surface area contributed by atoms with E-state index < -0.39 is 110 Å². The molecule has 2 bridgehead atoms. The molecule has 0 amide bonds. The molecule has 4 aliphatic heterocycles. The topological polar surface area (TPSA) is 289 Å². The van der Waals surface area contributed by atoms with E-state index in [4.69, 9.17) is 28.4 Å². The summed E-state index contributed by atoms with van der Waals surface area (Å²) in [6.45, 7) is -2.60. The van der Waals surface area contributed by atoms with Crippen molar-refractivity contribution in [1.82, 2.24) is 0 Å². The third-order valence-corrected chi connectivity index (χ3v) is 6.35. The van der Waals surface area contributed by atoms with E-state index >= 15 is 0 Å². The van der Waals surface area contributed by atoms with Gasteiger partial charge in [-0.1, -0.05) is 0 Å². The van der Waals surface area contributed by atoms with Gasteiger partial charge in [-0.2, -0.15) is 0 Å². The van der Waals surface area contributed by atoms with Gasteiger partial charge in [0, 0.05) is 0 Å². The van der Waals surface area contributed by atoms with Crippen LogP contribution in [0.2, 0.25) is 0 Å². The van der Waals surface area contributed by atoms with Gasteiger partial charge in [0.15, 0.2) is 24.3 Å². The monoisotopic (exact) mass is 528 g/mol. The first-order chi connectivity index (χ1) is 16.7. The summed E-state index contributed by atoms with van der Waals surface area (Å²) in [4.78, 5) is 37.5. The molecule has 4 aliphatic rings. The number of hydrogen-bond donors (Lipinski definition) is 9. The highest BCUT2D eigenvalue weighted by Crippen LogP contribution is 2.51. The van der Waals surface area contributed by atoms with Crippen LogP contribution in [0.3, 0.4) is 0 Å². The van der Waals surface area contributed by atoms with Gasteiger partial charge < -0.3 is 74.4 Å². The third-order valence-electron chi connectivity index (χ3n) is 6.35. The number of carbonyl (C=O) groups is 3. The number of esters is 3. The lowest BCUT2D eigenvalue weighted by atomic mass is 9.84. The zero-order valence-electron chi connectivity index (χ0n) is 18.1. The van der Waals surface area contributed by atoms with Crippen LogP contribution in [-0.4, -0.2) is 143 Å². The Morgan fingerprint density at radius 2 is 1.50 bits per heavy atom. The SMILES string of the molecule is O=C1CC2(O)CC(=O)OC3(O)C(O)C(OC4C(CO)OC(O)C(O)C4O)OC(CO)(O1)C3(O)OC2=O. The number of aliphatic hydroxyl groups excluding tert-OH is 6. The summed E-state index contributed by atoms with van der Waals surface area (Å²) in [5.41, 5.74) is -2.93. The second kappa shape index (κ2) is 8.75. The van der Waals surface area contributed by atoms with Crippen molar-refractivity contribution in [2.45, 2.75) is 78.9 Å². The van der Waals surface area contributed by atoms with Crippen LogP contribution in [0.5, 0.6) is 0 Å². The molecule has 9 N–H and O–H groups in total. The van der Waals surface area contributed by atoms with Crippen LogP contribution >= 0.6 is 0 Å². The molecule has 36 heavy (non-hydrogen) atoms. The summed E-state index contributed by atoms with van der Waals surface area (Å²) in [5, 5.41) is 93.1. The summed E-state index contributed by atoms with van der Waals surface area (Å²) in [5.74, 6) is -16.2. The lowest BCUT2D eigenvalue weighted by Gasteiger charge is -2.58. The van der Waals surface area contributed by atoms with E-state index in [1.54, 1.807) is 0 Å². The molecule has 0 spiro atoms. The average molecular weight is 528 g/mol. The van der Waals surface area contributed by atoms with Crippen molar-refractivity contribution in [3.8, 4) is 0 Å². The van der Waals surface area contributed by atoms with Crippen LogP contribution in [0, 0.1) is 0 Å². The lowest BCUT2D eigenvalue weighted by molar-refractivity contribution is -0.538. The Hall–Kier alpha value is -2.07. The molecular formula is C18H24O18. The van der Waals surface area contributed by atoms with Gasteiger partial charge >= 0.3 is 35.3 Å². The van der Waals surface area contributed by atoms with Gasteiger partial charge in [0.05, 0.1) is 19.4 Å². The smallest absolute Gasteiger partial charge is 0.349 e. The quantitative estimate of drug-likeness (QED) is 0.121. The number of ether oxygens (including phenoxy) is 6. The molecule has 0 aliphatic carbocycles. The molecule has 18 heteroatoms. The normalized spacial score (nSPS) is 51.2. The molecule has 4 heterocycles. The predicted octanol–water partition coefficient (Wildman–Crippen LogP) is -7.25. The van der Waals surface area contributed by atoms with E-state index in [0.29, 0.717) is 0 Å². The Labute approximate surface area is 199 Å². The fraction of sp³-hybridized carbons (Fsp3) is 0.833. The van der Waals surface area contributed by atoms with E-state index in [0.717, 1.165) is 0 Å². The van der Waals surface area contributed by atoms with Crippen molar-refractivity contribution in [3.63, 3.8) is 0 Å². The summed E-state index contributed by atoms with van der Waals surface area (Å²) in [7, 11) is 0. The molecule has 0 radical (unpaired) electrons. The number of rotatable bonds is 4. The van der Waals surface area contributed by atoms with Gasteiger partial charge in [0.2, 0.25) is 0 Å². The van der Waals surface area contributed by atoms with Gasteiger partial charge in [-0.3, -0.25) is 9.59 Å². The summed E-state index contributed by atoms with van der Waals surface area (Å²) in [6, 6.07) is 0. The zero-order chi connectivity index (χ0) is 26.8. The van der Waals surface area contributed by atoms with Crippen molar-refractivity contribution in [2.24, 2.45) is 0 Å². The highest BCUT2D eigenvalue weighted by Gasteiger charge is 2.82. The molecule has 11 atom stereocenters. The minimum Gasteiger partial charge on any atom is -0.423 e. The molecule has 18 nitrogen and oxygen atoms in total. The Kier molecular flexibility index (Phi) is 6.56. The second-order valence-corrected chi connectivity index (χ2v) is 8.73. The summed E-state index contributed by atoms with van der Waals surface area (Å²) in [6.07, 6.45) is -17.4. The van der Waals surface area contributed by atoms with Crippen LogP contribution in [0.4, 0.5) is 0 Å². The van der Waals surface area contributed by atoms with Crippen LogP contribution in [0.15, 0.2) is 0 Å². The highest BCUT2D eigenvalue weighted by atomic mass is 16.9. The molecule has 11 unspecified atom stereocenters. The molecule has 4 rings (SSSR count). The van der Waals surface area contributed by atoms with Gasteiger partial charge in [0.1, 0.15) is 31.0 Å². The standard InChI is InChI=1S/C18H24O18/c19-3-5-10(8(23)9(24)12(26)31-5)32-13-11(25)17(29)18(30)16(4-20,35-13)33-6(21)1-15(28,14(27)36-18)2-7(22)34-17/h5,8-13,19-20,23-26,28-30H,1-4H2. The van der Waals surface area contributed by atoms with Crippen molar-refractivity contribution in [1.29, 1.82) is 0 Å². The van der Waals surface area contributed by atoms with Gasteiger partial charge in [0.25, 0.3) is 0 Å². The molecule has 0 aromatic carbocycles. The minimum absolute atomic E-state index is 0.951. The van der Waals surface area contributed by atoms with E-state index in [-0.39, 0.29) is 0 Å². The molecule has 0 aromatic heterocycles. The van der Waals surface area contributed by atoms with E-state index in [9.17, 15) is 60.3 Å². The van der Waals surface area contributed by atoms with Gasteiger partial charge in [-0.25, -0.2) is 4.79 Å². The zero-order valence-corrected chi connectivity index (χ0v) is 18.1. The van der Waals surface area contributed by atoms with Gasteiger partial charge in [-0.05, 0) is 0 Å². The number of aliphatic hydroxyl groups is 9. The Bertz CT molecular complexity index is 900. The Morgan fingerprint density at radius 3 is 2.08 bits per heavy atom. The van der Waals surface area contributed by atoms with E-state index in [1.807, 2.05) is 0 Å². The maximum atomic E-state index is 12.6. The highest BCUT2D eigenvalue weighted by molar-refractivity contribution is 5.91. The Balaban J connectivity index is 1.80. The third kappa shape index (κ3) is 3.69. The van der Waals surface area contributed by atoms with Gasteiger partial charge in [-0.15, -0.1) is 0 Å². The summed E-state index contributed by atoms with van der Waals surface area (Å²) >= 11 is 0. The molecule has 0 aromatic rings. The van der Waals surface area contributed by atoms with Crippen molar-refractivity contribution in [2.75, 3.05) is 13.2 Å². The Morgan fingerprint density at radius 1 is 0.889 bits per heavy atom. The molecule has 4 saturated heterocycles. The fourth-order valence-electron chi connectivity index (χ4n) is 4.38. The minimum atomic E-state index is -3.92. The first-order valence-electron chi connectivity index (χ1n) is 10.4. The first kappa shape index (κ1) is 27.0. The van der Waals surface area contributed by atoms with Crippen molar-refractivity contribution in [3.05, 3.63) is 0 Å². The molecule has 204 valence electrons. The van der Waals surface area contributed by atoms with Crippen LogP contribution in [0.1, 0.15) is 12.8 Å². The van der Waals surface area contributed by atoms with Crippen LogP contribution in [0.25, 0.3) is 0 Å². The number of hydrogen-bond acceptors (Lipinski definition) is 18. The van der Waals surface area contributed by atoms with Crippen molar-refractivity contribution >= 4 is 17.9 Å². The average Bonchev–Trinajstić information content (AvgIpc) is 2.79. The summed E-state index contributed by atoms with van der Waals surface area (Å²) < 4.78 is 29.8. The fourth-order valence-corrected chi connectivity index (χ4v) is 4.38. The first-order valence-corrected chi connectivity index (χ1v) is 10.4. The van der Waals surface area contributed by atoms with Crippen LogP contribution in [-0.2, 0) is 42.8 Å². The maximum absolute atomic E-state index is 12.6. The van der Waals surface area contributed by atoms with E-state index in [1.165, 1.54) is 0 Å². The molecular weight excluding hydrogens is 504 g/mol. The van der Waals surface area contributed by atoms with Crippen LogP contribution < -0.4 is 0 Å². The van der Waals surface area contributed by atoms with E-state index in [2.05, 4.69) is 0 Å². The largest absolute Gasteiger partial charge is 0.423 e. The lowest BCUT2D eigenvalue weighted by Crippen LogP contribution is -2.85. The van der Waals surface area contributed by atoms with Crippen molar-refractivity contribution < 1.29 is 88.8 Å². The number of fused-ring (bicyclic) bond motifs is 2. The maximum Gasteiger partial charge on any atom is 0.349 e. The number of carbonyl (C=O) groups excluding carboxylic acids is 3. The predicted molar refractivity (Wildman–Crippen MR) is 97.9 cm³/mol.